The molecule has 1 aliphatic carbocycles. The molecule has 2 unspecified atom stereocenters. The lowest BCUT2D eigenvalue weighted by Gasteiger charge is -2.25. The highest BCUT2D eigenvalue weighted by atomic mass is 16.3. The van der Waals surface area contributed by atoms with Gasteiger partial charge in [-0.05, 0) is 37.3 Å². The summed E-state index contributed by atoms with van der Waals surface area (Å²) in [5.74, 6) is -0.125. The smallest absolute Gasteiger partial charge is 0.287 e. The molecule has 110 valence electrons. The third kappa shape index (κ3) is 4.38. The van der Waals surface area contributed by atoms with Gasteiger partial charge >= 0.3 is 0 Å². The summed E-state index contributed by atoms with van der Waals surface area (Å²) in [6.45, 7) is 0.474. The third-order valence-corrected chi connectivity index (χ3v) is 3.50. The molecular formula is C14H20N2O4. The molecule has 0 aliphatic heterocycles. The van der Waals surface area contributed by atoms with Crippen LogP contribution < -0.4 is 10.6 Å². The van der Waals surface area contributed by atoms with Crippen molar-refractivity contribution in [1.29, 1.82) is 0 Å². The molecule has 0 bridgehead atoms. The van der Waals surface area contributed by atoms with Crippen molar-refractivity contribution in [2.24, 2.45) is 5.92 Å². The Labute approximate surface area is 117 Å². The molecule has 0 spiro atoms. The Kier molecular flexibility index (Phi) is 5.17. The van der Waals surface area contributed by atoms with Crippen LogP contribution >= 0.6 is 0 Å². The van der Waals surface area contributed by atoms with Gasteiger partial charge in [-0.1, -0.05) is 6.42 Å². The van der Waals surface area contributed by atoms with Crippen LogP contribution in [0.15, 0.2) is 22.8 Å². The zero-order chi connectivity index (χ0) is 14.4. The van der Waals surface area contributed by atoms with Crippen molar-refractivity contribution in [1.82, 2.24) is 10.6 Å². The number of carbonyl (C=O) groups excluding carboxylic acids is 2. The highest BCUT2D eigenvalue weighted by Crippen LogP contribution is 2.23. The van der Waals surface area contributed by atoms with E-state index in [-0.39, 0.29) is 24.3 Å². The number of carbonyl (C=O) groups is 2. The molecule has 3 N–H and O–H groups in total. The van der Waals surface area contributed by atoms with E-state index in [1.165, 1.54) is 12.3 Å². The third-order valence-electron chi connectivity index (χ3n) is 3.50. The second-order valence-electron chi connectivity index (χ2n) is 5.15. The Hall–Kier alpha value is -1.82. The molecule has 2 amide bonds. The van der Waals surface area contributed by atoms with Gasteiger partial charge in [-0.3, -0.25) is 9.59 Å². The lowest BCUT2D eigenvalue weighted by Crippen LogP contribution is -2.39. The molecule has 1 saturated carbocycles. The van der Waals surface area contributed by atoms with Crippen molar-refractivity contribution in [3.05, 3.63) is 24.2 Å². The quantitative estimate of drug-likeness (QED) is 0.739. The van der Waals surface area contributed by atoms with Crippen molar-refractivity contribution in [2.75, 3.05) is 13.1 Å². The molecule has 0 aromatic carbocycles. The predicted octanol–water partition coefficient (Wildman–Crippen LogP) is 0.677. The molecule has 2 rings (SSSR count). The minimum absolute atomic E-state index is 0.0746. The number of rotatable bonds is 5. The minimum atomic E-state index is -0.404. The number of hydrogen-bond donors (Lipinski definition) is 3. The van der Waals surface area contributed by atoms with E-state index in [1.807, 2.05) is 0 Å². The molecule has 1 heterocycles. The van der Waals surface area contributed by atoms with Crippen LogP contribution in [0.25, 0.3) is 0 Å². The fourth-order valence-corrected chi connectivity index (χ4v) is 2.42. The second-order valence-corrected chi connectivity index (χ2v) is 5.15. The SMILES string of the molecule is O=C(CNC(=O)c1ccco1)NCC1CCCC(O)C1. The maximum atomic E-state index is 11.6. The molecule has 1 aromatic rings. The van der Waals surface area contributed by atoms with Gasteiger partial charge in [-0.25, -0.2) is 0 Å². The molecule has 6 heteroatoms. The van der Waals surface area contributed by atoms with Crippen LogP contribution in [-0.4, -0.2) is 36.1 Å². The average Bonchev–Trinajstić information content (AvgIpc) is 2.97. The maximum Gasteiger partial charge on any atom is 0.287 e. The van der Waals surface area contributed by atoms with Crippen LogP contribution in [0.5, 0.6) is 0 Å². The molecule has 1 fully saturated rings. The van der Waals surface area contributed by atoms with Crippen molar-refractivity contribution < 1.29 is 19.1 Å². The van der Waals surface area contributed by atoms with E-state index >= 15 is 0 Å². The van der Waals surface area contributed by atoms with Crippen LogP contribution in [0.2, 0.25) is 0 Å². The van der Waals surface area contributed by atoms with Crippen LogP contribution in [-0.2, 0) is 4.79 Å². The van der Waals surface area contributed by atoms with Crippen molar-refractivity contribution in [2.45, 2.75) is 31.8 Å². The van der Waals surface area contributed by atoms with E-state index in [0.717, 1.165) is 25.7 Å². The van der Waals surface area contributed by atoms with E-state index in [9.17, 15) is 14.7 Å². The van der Waals surface area contributed by atoms with Gasteiger partial charge in [0.05, 0.1) is 18.9 Å². The first kappa shape index (κ1) is 14.6. The molecule has 2 atom stereocenters. The monoisotopic (exact) mass is 280 g/mol. The van der Waals surface area contributed by atoms with E-state index < -0.39 is 5.91 Å². The normalized spacial score (nSPS) is 22.2. The number of hydrogen-bond acceptors (Lipinski definition) is 4. The summed E-state index contributed by atoms with van der Waals surface area (Å²) in [7, 11) is 0. The summed E-state index contributed by atoms with van der Waals surface area (Å²) in [5.41, 5.74) is 0. The molecule has 20 heavy (non-hydrogen) atoms. The molecule has 6 nitrogen and oxygen atoms in total. The Balaban J connectivity index is 1.64. The number of nitrogens with one attached hydrogen (secondary N) is 2. The van der Waals surface area contributed by atoms with Crippen molar-refractivity contribution >= 4 is 11.8 Å². The van der Waals surface area contributed by atoms with E-state index in [0.29, 0.717) is 12.5 Å². The Bertz CT molecular complexity index is 444. The van der Waals surface area contributed by atoms with Crippen molar-refractivity contribution in [3.8, 4) is 0 Å². The number of aliphatic hydroxyl groups excluding tert-OH is 1. The molecule has 0 radical (unpaired) electrons. The standard InChI is InChI=1S/C14H20N2O4/c17-11-4-1-3-10(7-11)8-15-13(18)9-16-14(19)12-5-2-6-20-12/h2,5-6,10-11,17H,1,3-4,7-9H2,(H,15,18)(H,16,19). The maximum absolute atomic E-state index is 11.6. The highest BCUT2D eigenvalue weighted by molar-refractivity contribution is 5.94. The summed E-state index contributed by atoms with van der Waals surface area (Å²) in [6, 6.07) is 3.15. The average molecular weight is 280 g/mol. The van der Waals surface area contributed by atoms with Gasteiger partial charge in [-0.2, -0.15) is 0 Å². The van der Waals surface area contributed by atoms with E-state index in [1.54, 1.807) is 6.07 Å². The van der Waals surface area contributed by atoms with Gasteiger partial charge in [0.25, 0.3) is 5.91 Å². The number of furan rings is 1. The predicted molar refractivity (Wildman–Crippen MR) is 72.0 cm³/mol. The first-order valence-electron chi connectivity index (χ1n) is 6.91. The number of aliphatic hydroxyl groups is 1. The first-order valence-corrected chi connectivity index (χ1v) is 6.91. The summed E-state index contributed by atoms with van der Waals surface area (Å²) >= 11 is 0. The van der Waals surface area contributed by atoms with Crippen LogP contribution in [0.4, 0.5) is 0 Å². The Morgan fingerprint density at radius 2 is 2.20 bits per heavy atom. The van der Waals surface area contributed by atoms with Crippen molar-refractivity contribution in [3.63, 3.8) is 0 Å². The summed E-state index contributed by atoms with van der Waals surface area (Å²) in [6.07, 6.45) is 4.77. The topological polar surface area (TPSA) is 91.6 Å². The molecule has 1 aromatic heterocycles. The molecule has 1 aliphatic rings. The van der Waals surface area contributed by atoms with Gasteiger partial charge in [0.15, 0.2) is 5.76 Å². The summed E-state index contributed by atoms with van der Waals surface area (Å²) in [5, 5.41) is 14.8. The van der Waals surface area contributed by atoms with E-state index in [2.05, 4.69) is 10.6 Å². The van der Waals surface area contributed by atoms with Crippen LogP contribution in [0.1, 0.15) is 36.2 Å². The van der Waals surface area contributed by atoms with Crippen LogP contribution in [0.3, 0.4) is 0 Å². The van der Waals surface area contributed by atoms with Crippen LogP contribution in [0, 0.1) is 5.92 Å². The summed E-state index contributed by atoms with van der Waals surface area (Å²) < 4.78 is 4.92. The number of amides is 2. The molecular weight excluding hydrogens is 260 g/mol. The largest absolute Gasteiger partial charge is 0.459 e. The first-order chi connectivity index (χ1) is 9.65. The lowest BCUT2D eigenvalue weighted by molar-refractivity contribution is -0.120. The van der Waals surface area contributed by atoms with Gasteiger partial charge in [-0.15, -0.1) is 0 Å². The minimum Gasteiger partial charge on any atom is -0.459 e. The highest BCUT2D eigenvalue weighted by Gasteiger charge is 2.20. The van der Waals surface area contributed by atoms with Gasteiger partial charge in [0.2, 0.25) is 5.91 Å². The lowest BCUT2D eigenvalue weighted by atomic mass is 9.87. The van der Waals surface area contributed by atoms with Gasteiger partial charge in [0, 0.05) is 6.54 Å². The van der Waals surface area contributed by atoms with E-state index in [4.69, 9.17) is 4.42 Å². The summed E-state index contributed by atoms with van der Waals surface area (Å²) in [4.78, 5) is 23.2. The Morgan fingerprint density at radius 1 is 1.35 bits per heavy atom. The van der Waals surface area contributed by atoms with Gasteiger partial charge in [0.1, 0.15) is 0 Å². The second kappa shape index (κ2) is 7.09. The zero-order valence-electron chi connectivity index (χ0n) is 11.3. The van der Waals surface area contributed by atoms with Gasteiger partial charge < -0.3 is 20.2 Å². The zero-order valence-corrected chi connectivity index (χ0v) is 11.3. The molecule has 0 saturated heterocycles. The fourth-order valence-electron chi connectivity index (χ4n) is 2.42. The Morgan fingerprint density at radius 3 is 2.90 bits per heavy atom. The fraction of sp³-hybridized carbons (Fsp3) is 0.571.